The van der Waals surface area contributed by atoms with Gasteiger partial charge in [0.05, 0.1) is 29.0 Å². The van der Waals surface area contributed by atoms with E-state index in [4.69, 9.17) is 11.6 Å². The number of hydrogen-bond acceptors (Lipinski definition) is 4. The number of thioether (sulfide) groups is 1. The molecule has 1 atom stereocenters. The number of para-hydroxylation sites is 1. The summed E-state index contributed by atoms with van der Waals surface area (Å²) in [5, 5.41) is 4.46. The van der Waals surface area contributed by atoms with Crippen LogP contribution in [0.2, 0.25) is 5.02 Å². The van der Waals surface area contributed by atoms with E-state index in [0.29, 0.717) is 0 Å². The molecule has 0 radical (unpaired) electrons. The van der Waals surface area contributed by atoms with Crippen LogP contribution in [0.1, 0.15) is 0 Å². The lowest BCUT2D eigenvalue weighted by Crippen LogP contribution is -2.53. The number of nitrogens with one attached hydrogen (secondary N) is 1. The third-order valence-corrected chi connectivity index (χ3v) is 5.34. The molecule has 3 nitrogen and oxygen atoms in total. The molecule has 3 aliphatic rings. The fourth-order valence-electron chi connectivity index (χ4n) is 2.99. The summed E-state index contributed by atoms with van der Waals surface area (Å²) in [6, 6.07) is 8.03. The van der Waals surface area contributed by atoms with E-state index in [2.05, 4.69) is 39.5 Å². The van der Waals surface area contributed by atoms with Crippen molar-refractivity contribution in [2.24, 2.45) is 0 Å². The van der Waals surface area contributed by atoms with Gasteiger partial charge in [-0.15, -0.1) is 11.8 Å². The third-order valence-electron chi connectivity index (χ3n) is 3.94. The van der Waals surface area contributed by atoms with E-state index in [1.807, 2.05) is 30.0 Å². The van der Waals surface area contributed by atoms with E-state index < -0.39 is 0 Å². The maximum absolute atomic E-state index is 6.34. The first-order valence-electron chi connectivity index (χ1n) is 6.32. The minimum Gasteiger partial charge on any atom is -0.345 e. The van der Waals surface area contributed by atoms with E-state index in [1.165, 1.54) is 5.70 Å². The van der Waals surface area contributed by atoms with Gasteiger partial charge >= 0.3 is 0 Å². The van der Waals surface area contributed by atoms with Crippen molar-refractivity contribution in [2.75, 3.05) is 23.2 Å². The Morgan fingerprint density at radius 1 is 1.32 bits per heavy atom. The number of benzene rings is 1. The molecule has 3 heterocycles. The van der Waals surface area contributed by atoms with Gasteiger partial charge in [-0.05, 0) is 24.3 Å². The standard InChI is InChI=1S/C14H14ClN3S/c15-11-4-1-2-5-12(11)18-9-16-14-8-19-10-17(14)7-3-6-13(14)18/h1-7,16H,8-10H2. The molecule has 2 saturated heterocycles. The van der Waals surface area contributed by atoms with Crippen LogP contribution in [0.15, 0.2) is 48.3 Å². The fraction of sp³-hybridized carbons (Fsp3) is 0.286. The lowest BCUT2D eigenvalue weighted by molar-refractivity contribution is 0.231. The van der Waals surface area contributed by atoms with Crippen molar-refractivity contribution >= 4 is 29.1 Å². The number of hydrogen-bond donors (Lipinski definition) is 1. The van der Waals surface area contributed by atoms with Crippen LogP contribution in [-0.2, 0) is 0 Å². The number of nitrogens with zero attached hydrogens (tertiary/aromatic N) is 2. The topological polar surface area (TPSA) is 18.5 Å². The van der Waals surface area contributed by atoms with Crippen LogP contribution in [-0.4, -0.2) is 28.9 Å². The number of allylic oxidation sites excluding steroid dienone is 2. The first kappa shape index (κ1) is 11.7. The van der Waals surface area contributed by atoms with Gasteiger partial charge in [0.15, 0.2) is 0 Å². The van der Waals surface area contributed by atoms with Crippen molar-refractivity contribution in [1.29, 1.82) is 0 Å². The van der Waals surface area contributed by atoms with Gasteiger partial charge in [0, 0.05) is 12.0 Å². The third kappa shape index (κ3) is 1.57. The molecule has 98 valence electrons. The molecule has 1 unspecified atom stereocenters. The second kappa shape index (κ2) is 4.20. The highest BCUT2D eigenvalue weighted by Crippen LogP contribution is 2.44. The summed E-state index contributed by atoms with van der Waals surface area (Å²) in [5.41, 5.74) is 2.33. The van der Waals surface area contributed by atoms with Crippen LogP contribution in [0.25, 0.3) is 0 Å². The zero-order chi connectivity index (χ0) is 12.9. The highest BCUT2D eigenvalue weighted by atomic mass is 35.5. The number of anilines is 1. The first-order chi connectivity index (χ1) is 9.31. The smallest absolute Gasteiger partial charge is 0.143 e. The Bertz CT molecular complexity index is 586. The SMILES string of the molecule is Clc1ccccc1N1CNC23CSCN2C=CC=C13. The minimum atomic E-state index is -0.0431. The van der Waals surface area contributed by atoms with Gasteiger partial charge in [-0.25, -0.2) is 0 Å². The fourth-order valence-corrected chi connectivity index (χ4v) is 4.53. The van der Waals surface area contributed by atoms with E-state index in [0.717, 1.165) is 29.0 Å². The molecule has 1 spiro atoms. The molecule has 1 aromatic carbocycles. The monoisotopic (exact) mass is 291 g/mol. The van der Waals surface area contributed by atoms with Crippen LogP contribution in [0.3, 0.4) is 0 Å². The van der Waals surface area contributed by atoms with Crippen molar-refractivity contribution < 1.29 is 0 Å². The molecule has 1 aromatic rings. The highest BCUT2D eigenvalue weighted by Gasteiger charge is 2.50. The van der Waals surface area contributed by atoms with Crippen LogP contribution < -0.4 is 10.2 Å². The van der Waals surface area contributed by atoms with E-state index in [1.54, 1.807) is 0 Å². The van der Waals surface area contributed by atoms with E-state index in [9.17, 15) is 0 Å². The normalized spacial score (nSPS) is 28.4. The molecule has 1 N–H and O–H groups in total. The van der Waals surface area contributed by atoms with Gasteiger partial charge in [-0.1, -0.05) is 23.7 Å². The molecule has 0 aromatic heterocycles. The molecule has 0 aliphatic carbocycles. The summed E-state index contributed by atoms with van der Waals surface area (Å²) in [7, 11) is 0. The summed E-state index contributed by atoms with van der Waals surface area (Å²) in [6.45, 7) is 0.800. The Labute approximate surface area is 121 Å². The van der Waals surface area contributed by atoms with Crippen LogP contribution in [0.4, 0.5) is 5.69 Å². The molecule has 19 heavy (non-hydrogen) atoms. The number of halogens is 1. The summed E-state index contributed by atoms with van der Waals surface area (Å²) in [5.74, 6) is 2.11. The molecule has 0 bridgehead atoms. The highest BCUT2D eigenvalue weighted by molar-refractivity contribution is 7.99. The van der Waals surface area contributed by atoms with Gasteiger partial charge in [-0.2, -0.15) is 0 Å². The van der Waals surface area contributed by atoms with Crippen molar-refractivity contribution in [1.82, 2.24) is 10.2 Å². The van der Waals surface area contributed by atoms with Crippen LogP contribution in [0, 0.1) is 0 Å². The summed E-state index contributed by atoms with van der Waals surface area (Å²) >= 11 is 8.30. The largest absolute Gasteiger partial charge is 0.345 e. The zero-order valence-corrected chi connectivity index (χ0v) is 11.9. The van der Waals surface area contributed by atoms with Gasteiger partial charge in [0.2, 0.25) is 0 Å². The Kier molecular flexibility index (Phi) is 2.59. The lowest BCUT2D eigenvalue weighted by atomic mass is 10.0. The average molecular weight is 292 g/mol. The van der Waals surface area contributed by atoms with Gasteiger partial charge in [0.25, 0.3) is 0 Å². The quantitative estimate of drug-likeness (QED) is 0.857. The Balaban J connectivity index is 1.79. The predicted molar refractivity (Wildman–Crippen MR) is 81.1 cm³/mol. The van der Waals surface area contributed by atoms with Crippen molar-refractivity contribution in [2.45, 2.75) is 5.66 Å². The van der Waals surface area contributed by atoms with E-state index in [-0.39, 0.29) is 5.66 Å². The second-order valence-electron chi connectivity index (χ2n) is 4.92. The molecule has 5 heteroatoms. The molecule has 0 saturated carbocycles. The van der Waals surface area contributed by atoms with E-state index >= 15 is 0 Å². The molecule has 2 fully saturated rings. The zero-order valence-electron chi connectivity index (χ0n) is 10.3. The second-order valence-corrected chi connectivity index (χ2v) is 6.28. The maximum atomic E-state index is 6.34. The first-order valence-corrected chi connectivity index (χ1v) is 7.85. The lowest BCUT2D eigenvalue weighted by Gasteiger charge is -2.37. The summed E-state index contributed by atoms with van der Waals surface area (Å²) in [6.07, 6.45) is 6.49. The molecule has 0 amide bonds. The molecule has 3 aliphatic heterocycles. The molecule has 4 rings (SSSR count). The Morgan fingerprint density at radius 3 is 3.11 bits per heavy atom. The van der Waals surface area contributed by atoms with Crippen LogP contribution in [0.5, 0.6) is 0 Å². The maximum Gasteiger partial charge on any atom is 0.143 e. The van der Waals surface area contributed by atoms with Crippen molar-refractivity contribution in [3.8, 4) is 0 Å². The minimum absolute atomic E-state index is 0.0431. The average Bonchev–Trinajstić information content (AvgIpc) is 3.00. The van der Waals surface area contributed by atoms with Crippen LogP contribution >= 0.6 is 23.4 Å². The summed E-state index contributed by atoms with van der Waals surface area (Å²) in [4.78, 5) is 4.66. The van der Waals surface area contributed by atoms with Crippen molar-refractivity contribution in [3.05, 3.63) is 53.3 Å². The van der Waals surface area contributed by atoms with Gasteiger partial charge < -0.3 is 9.80 Å². The van der Waals surface area contributed by atoms with Gasteiger partial charge in [-0.3, -0.25) is 5.32 Å². The predicted octanol–water partition coefficient (Wildman–Crippen LogP) is 2.82. The van der Waals surface area contributed by atoms with Gasteiger partial charge in [0.1, 0.15) is 5.66 Å². The number of rotatable bonds is 1. The van der Waals surface area contributed by atoms with Crippen molar-refractivity contribution in [3.63, 3.8) is 0 Å². The molecular weight excluding hydrogens is 278 g/mol. The molecular formula is C14H14ClN3S. The Morgan fingerprint density at radius 2 is 2.21 bits per heavy atom. The summed E-state index contributed by atoms with van der Waals surface area (Å²) < 4.78 is 0. The Hall–Kier alpha value is -1.10.